The van der Waals surface area contributed by atoms with E-state index in [9.17, 15) is 14.7 Å². The number of phenols is 1. The second-order valence-corrected chi connectivity index (χ2v) is 9.19. The zero-order chi connectivity index (χ0) is 20.1. The number of carboxylic acid groups (broad SMARTS) is 1. The van der Waals surface area contributed by atoms with Gasteiger partial charge in [-0.1, -0.05) is 6.92 Å². The van der Waals surface area contributed by atoms with Gasteiger partial charge in [-0.15, -0.1) is 0 Å². The van der Waals surface area contributed by atoms with Crippen LogP contribution in [0.2, 0.25) is 0 Å². The molecule has 5 atom stereocenters. The Morgan fingerprint density at radius 1 is 1.32 bits per heavy atom. The first-order valence-electron chi connectivity index (χ1n) is 10.5. The van der Waals surface area contributed by atoms with Crippen molar-refractivity contribution in [2.24, 2.45) is 23.2 Å². The standard InChI is InChI=1S/C23H30O5/c1-23-9-8-15-16(7-6-13-10-18(24)19(28-2)12-17(13)15)22(23)14(11-20(23)25)4-3-5-21(26)27/h10,12,14-16,22,24H,3-9,11H2,1-2H3,(H,26,27)/t14-,15?,16?,22?,23-/m1/s1. The third-order valence-corrected chi connectivity index (χ3v) is 7.83. The first-order valence-corrected chi connectivity index (χ1v) is 10.5. The van der Waals surface area contributed by atoms with Crippen LogP contribution in [0.4, 0.5) is 0 Å². The minimum Gasteiger partial charge on any atom is -0.504 e. The van der Waals surface area contributed by atoms with Crippen molar-refractivity contribution in [3.05, 3.63) is 23.3 Å². The van der Waals surface area contributed by atoms with Gasteiger partial charge in [-0.25, -0.2) is 0 Å². The van der Waals surface area contributed by atoms with Gasteiger partial charge in [0.1, 0.15) is 5.78 Å². The van der Waals surface area contributed by atoms with Crippen LogP contribution in [-0.4, -0.2) is 29.1 Å². The van der Waals surface area contributed by atoms with Crippen LogP contribution in [0.5, 0.6) is 11.5 Å². The second-order valence-electron chi connectivity index (χ2n) is 9.19. The maximum atomic E-state index is 12.9. The topological polar surface area (TPSA) is 83.8 Å². The normalized spacial score (nSPS) is 33.7. The Bertz CT molecular complexity index is 800. The third-order valence-electron chi connectivity index (χ3n) is 7.83. The minimum absolute atomic E-state index is 0.182. The molecule has 2 N–H and O–H groups in total. The summed E-state index contributed by atoms with van der Waals surface area (Å²) in [5, 5.41) is 19.1. The van der Waals surface area contributed by atoms with Crippen LogP contribution in [-0.2, 0) is 16.0 Å². The number of ether oxygens (including phenoxy) is 1. The van der Waals surface area contributed by atoms with Crippen LogP contribution in [0, 0.1) is 23.2 Å². The Balaban J connectivity index is 1.64. The van der Waals surface area contributed by atoms with Crippen molar-refractivity contribution >= 4 is 11.8 Å². The van der Waals surface area contributed by atoms with Crippen molar-refractivity contribution in [1.82, 2.24) is 0 Å². The van der Waals surface area contributed by atoms with Crippen LogP contribution >= 0.6 is 0 Å². The van der Waals surface area contributed by atoms with E-state index in [1.54, 1.807) is 7.11 Å². The minimum atomic E-state index is -0.757. The fourth-order valence-electron chi connectivity index (χ4n) is 6.59. The number of aryl methyl sites for hydroxylation is 1. The van der Waals surface area contributed by atoms with E-state index in [4.69, 9.17) is 9.84 Å². The van der Waals surface area contributed by atoms with Crippen molar-refractivity contribution < 1.29 is 24.5 Å². The number of carboxylic acids is 1. The van der Waals surface area contributed by atoms with E-state index in [1.807, 2.05) is 12.1 Å². The Labute approximate surface area is 166 Å². The molecule has 152 valence electrons. The Kier molecular flexibility index (Phi) is 4.88. The zero-order valence-electron chi connectivity index (χ0n) is 16.7. The van der Waals surface area contributed by atoms with Crippen molar-refractivity contribution in [2.45, 2.75) is 64.2 Å². The average Bonchev–Trinajstić information content (AvgIpc) is 2.91. The number of benzene rings is 1. The van der Waals surface area contributed by atoms with Gasteiger partial charge in [0.2, 0.25) is 0 Å². The number of ketones is 1. The van der Waals surface area contributed by atoms with Crippen molar-refractivity contribution in [1.29, 1.82) is 0 Å². The highest BCUT2D eigenvalue weighted by molar-refractivity contribution is 5.87. The molecule has 0 aliphatic heterocycles. The van der Waals surface area contributed by atoms with E-state index in [0.29, 0.717) is 48.0 Å². The van der Waals surface area contributed by atoms with Gasteiger partial charge in [0.25, 0.3) is 0 Å². The molecule has 0 bridgehead atoms. The van der Waals surface area contributed by atoms with E-state index >= 15 is 0 Å². The molecule has 3 aliphatic rings. The molecule has 0 saturated heterocycles. The number of rotatable bonds is 5. The van der Waals surface area contributed by atoms with Gasteiger partial charge in [-0.2, -0.15) is 0 Å². The lowest BCUT2D eigenvalue weighted by Crippen LogP contribution is -2.44. The zero-order valence-corrected chi connectivity index (χ0v) is 16.7. The lowest BCUT2D eigenvalue weighted by atomic mass is 9.54. The van der Waals surface area contributed by atoms with Gasteiger partial charge >= 0.3 is 5.97 Å². The Hall–Kier alpha value is -2.04. The second kappa shape index (κ2) is 7.09. The van der Waals surface area contributed by atoms with E-state index < -0.39 is 5.97 Å². The first-order chi connectivity index (χ1) is 13.3. The molecule has 2 fully saturated rings. The van der Waals surface area contributed by atoms with E-state index in [1.165, 1.54) is 11.1 Å². The fourth-order valence-corrected chi connectivity index (χ4v) is 6.59. The van der Waals surface area contributed by atoms with E-state index in [2.05, 4.69) is 6.92 Å². The predicted octanol–water partition coefficient (Wildman–Crippen LogP) is 4.31. The summed E-state index contributed by atoms with van der Waals surface area (Å²) in [5.41, 5.74) is 2.22. The molecule has 5 nitrogen and oxygen atoms in total. The molecular weight excluding hydrogens is 356 g/mol. The van der Waals surface area contributed by atoms with Gasteiger partial charge < -0.3 is 14.9 Å². The van der Waals surface area contributed by atoms with Crippen LogP contribution in [0.1, 0.15) is 68.9 Å². The smallest absolute Gasteiger partial charge is 0.303 e. The number of aromatic hydroxyl groups is 1. The molecule has 0 heterocycles. The number of hydrogen-bond acceptors (Lipinski definition) is 4. The summed E-state index contributed by atoms with van der Waals surface area (Å²) in [6, 6.07) is 3.85. The number of fused-ring (bicyclic) bond motifs is 5. The number of Topliss-reactive ketones (excluding diaryl/α,β-unsaturated/α-hetero) is 1. The van der Waals surface area contributed by atoms with Crippen molar-refractivity contribution in [2.75, 3.05) is 7.11 Å². The van der Waals surface area contributed by atoms with Gasteiger partial charge in [0, 0.05) is 18.3 Å². The summed E-state index contributed by atoms with van der Waals surface area (Å²) in [6.45, 7) is 2.15. The summed E-state index contributed by atoms with van der Waals surface area (Å²) in [6.07, 6.45) is 6.10. The molecule has 1 aromatic rings. The first kappa shape index (κ1) is 19.3. The number of carbonyl (C=O) groups is 2. The molecule has 2 saturated carbocycles. The maximum absolute atomic E-state index is 12.9. The molecule has 0 spiro atoms. The highest BCUT2D eigenvalue weighted by Crippen LogP contribution is 2.62. The largest absolute Gasteiger partial charge is 0.504 e. The highest BCUT2D eigenvalue weighted by Gasteiger charge is 2.58. The lowest BCUT2D eigenvalue weighted by Gasteiger charge is -2.50. The quantitative estimate of drug-likeness (QED) is 0.788. The number of hydrogen-bond donors (Lipinski definition) is 2. The third kappa shape index (κ3) is 2.99. The molecule has 0 amide bonds. The molecule has 3 aliphatic carbocycles. The van der Waals surface area contributed by atoms with Crippen molar-refractivity contribution in [3.8, 4) is 11.5 Å². The number of aliphatic carboxylic acids is 1. The number of carbonyl (C=O) groups excluding carboxylic acids is 1. The molecule has 4 rings (SSSR count). The van der Waals surface area contributed by atoms with Gasteiger partial charge in [-0.3, -0.25) is 9.59 Å². The fraction of sp³-hybridized carbons (Fsp3) is 0.652. The van der Waals surface area contributed by atoms with E-state index in [0.717, 1.165) is 32.1 Å². The summed E-state index contributed by atoms with van der Waals surface area (Å²) >= 11 is 0. The number of phenolic OH excluding ortho intramolecular Hbond substituents is 1. The monoisotopic (exact) mass is 386 g/mol. The van der Waals surface area contributed by atoms with Gasteiger partial charge in [0.05, 0.1) is 7.11 Å². The van der Waals surface area contributed by atoms with Crippen LogP contribution in [0.15, 0.2) is 12.1 Å². The lowest BCUT2D eigenvalue weighted by molar-refractivity contribution is -0.137. The predicted molar refractivity (Wildman–Crippen MR) is 105 cm³/mol. The molecule has 3 unspecified atom stereocenters. The molecule has 5 heteroatoms. The van der Waals surface area contributed by atoms with Gasteiger partial charge in [0.15, 0.2) is 11.5 Å². The average molecular weight is 386 g/mol. The highest BCUT2D eigenvalue weighted by atomic mass is 16.5. The molecular formula is C23H30O5. The maximum Gasteiger partial charge on any atom is 0.303 e. The van der Waals surface area contributed by atoms with Crippen molar-refractivity contribution in [3.63, 3.8) is 0 Å². The Morgan fingerprint density at radius 2 is 2.11 bits per heavy atom. The molecule has 28 heavy (non-hydrogen) atoms. The molecule has 0 radical (unpaired) electrons. The number of methoxy groups -OCH3 is 1. The molecule has 0 aromatic heterocycles. The Morgan fingerprint density at radius 3 is 2.82 bits per heavy atom. The molecule has 1 aromatic carbocycles. The van der Waals surface area contributed by atoms with Gasteiger partial charge in [-0.05, 0) is 85.5 Å². The summed E-state index contributed by atoms with van der Waals surface area (Å²) in [7, 11) is 1.58. The van der Waals surface area contributed by atoms with Crippen LogP contribution < -0.4 is 4.74 Å². The van der Waals surface area contributed by atoms with E-state index in [-0.39, 0.29) is 17.6 Å². The summed E-state index contributed by atoms with van der Waals surface area (Å²) in [4.78, 5) is 23.9. The summed E-state index contributed by atoms with van der Waals surface area (Å²) < 4.78 is 5.35. The van der Waals surface area contributed by atoms with Crippen LogP contribution in [0.3, 0.4) is 0 Å². The van der Waals surface area contributed by atoms with Crippen LogP contribution in [0.25, 0.3) is 0 Å². The SMILES string of the molecule is COc1cc2c(cc1O)CCC1C2CC[C@]2(C)C(=O)C[C@@H](CCCC(=O)O)C12. The summed E-state index contributed by atoms with van der Waals surface area (Å²) in [5.74, 6) is 1.81.